The molecule has 1 aliphatic carbocycles. The van der Waals surface area contributed by atoms with Gasteiger partial charge in [0, 0.05) is 28.7 Å². The molecule has 0 spiro atoms. The van der Waals surface area contributed by atoms with Crippen molar-refractivity contribution in [1.29, 1.82) is 0 Å². The third-order valence-electron chi connectivity index (χ3n) is 4.78. The molecule has 3 heterocycles. The first kappa shape index (κ1) is 20.9. The van der Waals surface area contributed by atoms with E-state index in [0.717, 1.165) is 19.0 Å². The lowest BCUT2D eigenvalue weighted by molar-refractivity contribution is 0.102. The Morgan fingerprint density at radius 2 is 2.19 bits per heavy atom. The standard InChI is InChI=1S/C19H22FN9OS/c1-10(2)29(22)17(27-21)19-26-16(9-31-19)25-18(30)15-5-13(14(20)7-23-15)11-6-24-28(8-11)12-3-4-12/h5-10,12H,3-4,21-22H2,1-2H3,(H,25,30)/b27-17-. The van der Waals surface area contributed by atoms with Crippen LogP contribution in [0.25, 0.3) is 11.1 Å². The number of halogens is 1. The molecule has 1 amide bonds. The summed E-state index contributed by atoms with van der Waals surface area (Å²) >= 11 is 1.23. The van der Waals surface area contributed by atoms with E-state index in [1.165, 1.54) is 22.4 Å². The van der Waals surface area contributed by atoms with E-state index in [1.54, 1.807) is 17.8 Å². The number of hydrogen-bond acceptors (Lipinski definition) is 8. The summed E-state index contributed by atoms with van der Waals surface area (Å²) < 4.78 is 16.2. The zero-order valence-corrected chi connectivity index (χ0v) is 17.8. The summed E-state index contributed by atoms with van der Waals surface area (Å²) in [6.45, 7) is 3.77. The molecule has 0 aliphatic heterocycles. The van der Waals surface area contributed by atoms with E-state index in [-0.39, 0.29) is 23.1 Å². The molecule has 162 valence electrons. The number of hydrazine groups is 1. The van der Waals surface area contributed by atoms with Gasteiger partial charge in [-0.1, -0.05) is 0 Å². The van der Waals surface area contributed by atoms with Crippen molar-refractivity contribution in [3.8, 4) is 11.1 Å². The van der Waals surface area contributed by atoms with Crippen LogP contribution in [0.2, 0.25) is 0 Å². The molecule has 3 aromatic heterocycles. The highest BCUT2D eigenvalue weighted by Crippen LogP contribution is 2.35. The van der Waals surface area contributed by atoms with Gasteiger partial charge in [0.25, 0.3) is 5.91 Å². The number of aromatic nitrogens is 4. The summed E-state index contributed by atoms with van der Waals surface area (Å²) in [7, 11) is 0. The Bertz CT molecular complexity index is 1140. The van der Waals surface area contributed by atoms with E-state index in [4.69, 9.17) is 11.7 Å². The van der Waals surface area contributed by atoms with Gasteiger partial charge in [-0.05, 0) is 32.8 Å². The Morgan fingerprint density at radius 3 is 2.87 bits per heavy atom. The summed E-state index contributed by atoms with van der Waals surface area (Å²) in [5, 5.41) is 14.1. The third-order valence-corrected chi connectivity index (χ3v) is 5.62. The van der Waals surface area contributed by atoms with Gasteiger partial charge in [0.15, 0.2) is 10.8 Å². The maximum absolute atomic E-state index is 14.4. The maximum Gasteiger partial charge on any atom is 0.275 e. The van der Waals surface area contributed by atoms with Gasteiger partial charge in [0.2, 0.25) is 0 Å². The highest BCUT2D eigenvalue weighted by atomic mass is 32.1. The number of hydrazone groups is 1. The molecular formula is C19H22FN9OS. The van der Waals surface area contributed by atoms with E-state index >= 15 is 0 Å². The second-order valence-electron chi connectivity index (χ2n) is 7.44. The van der Waals surface area contributed by atoms with Crippen LogP contribution < -0.4 is 17.0 Å². The number of pyridine rings is 1. The van der Waals surface area contributed by atoms with Gasteiger partial charge < -0.3 is 11.2 Å². The van der Waals surface area contributed by atoms with Crippen LogP contribution in [-0.4, -0.2) is 42.5 Å². The number of rotatable bonds is 6. The molecule has 0 atom stereocenters. The second-order valence-corrected chi connectivity index (χ2v) is 8.29. The Hall–Kier alpha value is -3.38. The van der Waals surface area contributed by atoms with Crippen LogP contribution in [-0.2, 0) is 0 Å². The van der Waals surface area contributed by atoms with Gasteiger partial charge in [0.1, 0.15) is 17.3 Å². The lowest BCUT2D eigenvalue weighted by atomic mass is 10.1. The Kier molecular flexibility index (Phi) is 5.65. The average Bonchev–Trinajstić information content (AvgIpc) is 3.30. The minimum absolute atomic E-state index is 0.0460. The fourth-order valence-electron chi connectivity index (χ4n) is 2.89. The molecule has 1 saturated carbocycles. The molecule has 0 unspecified atom stereocenters. The average molecular weight is 444 g/mol. The molecule has 0 radical (unpaired) electrons. The molecule has 3 aromatic rings. The molecule has 0 saturated heterocycles. The molecule has 1 aliphatic rings. The molecule has 12 heteroatoms. The van der Waals surface area contributed by atoms with Gasteiger partial charge in [-0.3, -0.25) is 14.5 Å². The first-order valence-electron chi connectivity index (χ1n) is 9.66. The molecule has 0 bridgehead atoms. The first-order chi connectivity index (χ1) is 14.9. The Labute approximate surface area is 181 Å². The van der Waals surface area contributed by atoms with Gasteiger partial charge in [-0.15, -0.1) is 11.3 Å². The predicted octanol–water partition coefficient (Wildman–Crippen LogP) is 2.33. The molecular weight excluding hydrogens is 421 g/mol. The largest absolute Gasteiger partial charge is 0.321 e. The van der Waals surface area contributed by atoms with Crippen LogP contribution in [0.5, 0.6) is 0 Å². The molecule has 4 rings (SSSR count). The normalized spacial score (nSPS) is 14.2. The topological polar surface area (TPSA) is 140 Å². The number of nitrogens with zero attached hydrogens (tertiary/aromatic N) is 6. The van der Waals surface area contributed by atoms with Gasteiger partial charge in [-0.25, -0.2) is 20.2 Å². The van der Waals surface area contributed by atoms with E-state index in [2.05, 4.69) is 25.5 Å². The molecule has 0 aromatic carbocycles. The van der Waals surface area contributed by atoms with Crippen LogP contribution in [0.3, 0.4) is 0 Å². The number of nitrogens with one attached hydrogen (secondary N) is 1. The second kappa shape index (κ2) is 8.40. The van der Waals surface area contributed by atoms with Crippen LogP contribution in [0.4, 0.5) is 10.2 Å². The SMILES string of the molecule is CC(C)N(N)/C(=N\N)c1nc(NC(=O)c2cc(-c3cnn(C4CC4)c3)c(F)cn2)cs1. The number of thiazole rings is 1. The summed E-state index contributed by atoms with van der Waals surface area (Å²) in [4.78, 5) is 20.9. The fourth-order valence-corrected chi connectivity index (χ4v) is 3.64. The predicted molar refractivity (Wildman–Crippen MR) is 116 cm³/mol. The number of nitrogens with two attached hydrogens (primary N) is 2. The number of amides is 1. The number of anilines is 1. The number of hydrogen-bond donors (Lipinski definition) is 3. The van der Waals surface area contributed by atoms with Crippen molar-refractivity contribution in [3.05, 3.63) is 46.6 Å². The highest BCUT2D eigenvalue weighted by molar-refractivity contribution is 7.12. The van der Waals surface area contributed by atoms with Crippen molar-refractivity contribution < 1.29 is 9.18 Å². The van der Waals surface area contributed by atoms with E-state index in [9.17, 15) is 9.18 Å². The fraction of sp³-hybridized carbons (Fsp3) is 0.316. The van der Waals surface area contributed by atoms with Crippen molar-refractivity contribution in [3.63, 3.8) is 0 Å². The van der Waals surface area contributed by atoms with Crippen molar-refractivity contribution in [1.82, 2.24) is 24.8 Å². The first-order valence-corrected chi connectivity index (χ1v) is 10.5. The molecule has 31 heavy (non-hydrogen) atoms. The lowest BCUT2D eigenvalue weighted by Gasteiger charge is -2.22. The number of carbonyl (C=O) groups is 1. The van der Waals surface area contributed by atoms with Gasteiger partial charge in [-0.2, -0.15) is 10.2 Å². The van der Waals surface area contributed by atoms with Crippen LogP contribution >= 0.6 is 11.3 Å². The van der Waals surface area contributed by atoms with Gasteiger partial charge >= 0.3 is 0 Å². The summed E-state index contributed by atoms with van der Waals surface area (Å²) in [6, 6.07) is 1.73. The molecule has 5 N–H and O–H groups in total. The molecule has 1 fully saturated rings. The lowest BCUT2D eigenvalue weighted by Crippen LogP contribution is -2.43. The number of carbonyl (C=O) groups excluding carboxylic acids is 1. The van der Waals surface area contributed by atoms with Crippen molar-refractivity contribution in [2.75, 3.05) is 5.32 Å². The van der Waals surface area contributed by atoms with Crippen LogP contribution in [0, 0.1) is 5.82 Å². The highest BCUT2D eigenvalue weighted by Gasteiger charge is 2.25. The van der Waals surface area contributed by atoms with E-state index in [0.29, 0.717) is 22.4 Å². The Morgan fingerprint density at radius 1 is 1.42 bits per heavy atom. The number of amidine groups is 1. The minimum atomic E-state index is -0.525. The molecule has 10 nitrogen and oxygen atoms in total. The summed E-state index contributed by atoms with van der Waals surface area (Å²) in [5.74, 6) is 11.0. The van der Waals surface area contributed by atoms with Crippen LogP contribution in [0.1, 0.15) is 48.2 Å². The van der Waals surface area contributed by atoms with E-state index < -0.39 is 11.7 Å². The minimum Gasteiger partial charge on any atom is -0.321 e. The van der Waals surface area contributed by atoms with E-state index in [1.807, 2.05) is 18.5 Å². The van der Waals surface area contributed by atoms with Crippen molar-refractivity contribution >= 4 is 28.9 Å². The quantitative estimate of drug-likeness (QED) is 0.230. The van der Waals surface area contributed by atoms with Gasteiger partial charge in [0.05, 0.1) is 18.4 Å². The zero-order chi connectivity index (χ0) is 22.1. The van der Waals surface area contributed by atoms with Crippen molar-refractivity contribution in [2.45, 2.75) is 38.8 Å². The van der Waals surface area contributed by atoms with Crippen LogP contribution in [0.15, 0.2) is 35.1 Å². The smallest absolute Gasteiger partial charge is 0.275 e. The van der Waals surface area contributed by atoms with Crippen molar-refractivity contribution in [2.24, 2.45) is 16.8 Å². The summed E-state index contributed by atoms with van der Waals surface area (Å²) in [5.41, 5.74) is 0.914. The summed E-state index contributed by atoms with van der Waals surface area (Å²) in [6.07, 6.45) is 6.54. The zero-order valence-electron chi connectivity index (χ0n) is 17.0. The Balaban J connectivity index is 1.52. The maximum atomic E-state index is 14.4. The third kappa shape index (κ3) is 4.39. The monoisotopic (exact) mass is 443 g/mol.